The Bertz CT molecular complexity index is 269. The number of fused-ring (bicyclic) bond motifs is 1. The van der Waals surface area contributed by atoms with Crippen LogP contribution in [0.1, 0.15) is 27.2 Å². The predicted molar refractivity (Wildman–Crippen MR) is 43.0 cm³/mol. The predicted octanol–water partition coefficient (Wildman–Crippen LogP) is 1.23. The number of hydrogen-bond donors (Lipinski definition) is 1. The van der Waals surface area contributed by atoms with E-state index in [1.807, 2.05) is 6.92 Å². The molecule has 2 unspecified atom stereocenters. The fourth-order valence-corrected chi connectivity index (χ4v) is 2.25. The highest BCUT2D eigenvalue weighted by Crippen LogP contribution is 2.51. The number of carbonyl (C=O) groups is 1. The second-order valence-electron chi connectivity index (χ2n) is 4.16. The molecule has 1 heterocycles. The van der Waals surface area contributed by atoms with Crippen molar-refractivity contribution in [2.75, 3.05) is 0 Å². The molecule has 0 bridgehead atoms. The van der Waals surface area contributed by atoms with Crippen LogP contribution in [0.3, 0.4) is 0 Å². The average Bonchev–Trinajstić information content (AvgIpc) is 2.01. The molecule has 2 heteroatoms. The Kier molecular flexibility index (Phi) is 0.952. The van der Waals surface area contributed by atoms with Crippen LogP contribution in [-0.2, 0) is 4.79 Å². The molecule has 0 aromatic rings. The van der Waals surface area contributed by atoms with Crippen molar-refractivity contribution in [1.29, 1.82) is 0 Å². The summed E-state index contributed by atoms with van der Waals surface area (Å²) in [7, 11) is 0. The van der Waals surface area contributed by atoms with Crippen LogP contribution >= 0.6 is 0 Å². The van der Waals surface area contributed by atoms with E-state index in [0.29, 0.717) is 0 Å². The van der Waals surface area contributed by atoms with E-state index in [2.05, 4.69) is 25.2 Å². The molecule has 1 saturated heterocycles. The Labute approximate surface area is 66.7 Å². The number of hydrogen-bond acceptors (Lipinski definition) is 1. The van der Waals surface area contributed by atoms with Gasteiger partial charge in [-0.05, 0) is 27.2 Å². The maximum absolute atomic E-state index is 11.2. The highest BCUT2D eigenvalue weighted by Gasteiger charge is 2.61. The van der Waals surface area contributed by atoms with Crippen molar-refractivity contribution in [2.24, 2.45) is 5.41 Å². The molecule has 60 valence electrons. The monoisotopic (exact) mass is 151 g/mol. The summed E-state index contributed by atoms with van der Waals surface area (Å²) in [6.45, 7) is 6.22. The molecule has 0 radical (unpaired) electrons. The molecule has 0 spiro atoms. The van der Waals surface area contributed by atoms with Gasteiger partial charge in [0.05, 0.1) is 11.0 Å². The van der Waals surface area contributed by atoms with Gasteiger partial charge in [-0.2, -0.15) is 0 Å². The van der Waals surface area contributed by atoms with Crippen LogP contribution in [0.4, 0.5) is 0 Å². The van der Waals surface area contributed by atoms with Gasteiger partial charge in [-0.3, -0.25) is 4.79 Å². The van der Waals surface area contributed by atoms with Crippen molar-refractivity contribution in [3.05, 3.63) is 11.6 Å². The van der Waals surface area contributed by atoms with Gasteiger partial charge in [0, 0.05) is 0 Å². The first-order valence-electron chi connectivity index (χ1n) is 3.99. The highest BCUT2D eigenvalue weighted by atomic mass is 16.2. The lowest BCUT2D eigenvalue weighted by atomic mass is 9.66. The summed E-state index contributed by atoms with van der Waals surface area (Å²) in [6, 6.07) is 0. The van der Waals surface area contributed by atoms with Gasteiger partial charge in [-0.1, -0.05) is 11.6 Å². The van der Waals surface area contributed by atoms with Crippen LogP contribution in [0.25, 0.3) is 0 Å². The number of β-lactam (4-membered cyclic amide) rings is 1. The van der Waals surface area contributed by atoms with Gasteiger partial charge in [0.15, 0.2) is 0 Å². The SMILES string of the molecule is CC1=CC2(C)NC(=O)C2(C)C1. The van der Waals surface area contributed by atoms with Crippen LogP contribution in [0.15, 0.2) is 11.6 Å². The summed E-state index contributed by atoms with van der Waals surface area (Å²) in [5.41, 5.74) is 1.14. The molecule has 2 atom stereocenters. The molecule has 2 rings (SSSR count). The fraction of sp³-hybridized carbons (Fsp3) is 0.667. The van der Waals surface area contributed by atoms with Gasteiger partial charge in [0.1, 0.15) is 0 Å². The lowest BCUT2D eigenvalue weighted by molar-refractivity contribution is -0.147. The molecule has 0 aromatic heterocycles. The summed E-state index contributed by atoms with van der Waals surface area (Å²) < 4.78 is 0. The largest absolute Gasteiger partial charge is 0.346 e. The zero-order valence-corrected chi connectivity index (χ0v) is 7.19. The molecule has 0 saturated carbocycles. The molecule has 2 aliphatic rings. The molecular formula is C9H13NO. The lowest BCUT2D eigenvalue weighted by Crippen LogP contribution is -2.71. The minimum absolute atomic E-state index is 0.0475. The molecule has 1 amide bonds. The topological polar surface area (TPSA) is 29.1 Å². The fourth-order valence-electron chi connectivity index (χ4n) is 2.25. The zero-order chi connectivity index (χ0) is 8.28. The van der Waals surface area contributed by atoms with Crippen LogP contribution in [-0.4, -0.2) is 11.4 Å². The van der Waals surface area contributed by atoms with E-state index in [0.717, 1.165) is 6.42 Å². The van der Waals surface area contributed by atoms with Gasteiger partial charge in [0.2, 0.25) is 5.91 Å². The normalized spacial score (nSPS) is 47.5. The molecule has 2 nitrogen and oxygen atoms in total. The van der Waals surface area contributed by atoms with Crippen molar-refractivity contribution in [3.63, 3.8) is 0 Å². The van der Waals surface area contributed by atoms with Crippen LogP contribution in [0.5, 0.6) is 0 Å². The second kappa shape index (κ2) is 1.52. The van der Waals surface area contributed by atoms with Crippen molar-refractivity contribution >= 4 is 5.91 Å². The molecular weight excluding hydrogens is 138 g/mol. The quantitative estimate of drug-likeness (QED) is 0.409. The van der Waals surface area contributed by atoms with Gasteiger partial charge in [0.25, 0.3) is 0 Å². The van der Waals surface area contributed by atoms with Gasteiger partial charge in [-0.25, -0.2) is 0 Å². The number of rotatable bonds is 0. The van der Waals surface area contributed by atoms with Crippen molar-refractivity contribution in [3.8, 4) is 0 Å². The molecule has 0 aromatic carbocycles. The number of amides is 1. The molecule has 1 fully saturated rings. The summed E-state index contributed by atoms with van der Waals surface area (Å²) in [5, 5.41) is 2.94. The smallest absolute Gasteiger partial charge is 0.229 e. The Balaban J connectivity index is 2.41. The van der Waals surface area contributed by atoms with Crippen LogP contribution < -0.4 is 5.32 Å². The summed E-state index contributed by atoms with van der Waals surface area (Å²) in [6.07, 6.45) is 3.10. The molecule has 1 N–H and O–H groups in total. The van der Waals surface area contributed by atoms with E-state index in [-0.39, 0.29) is 16.9 Å². The zero-order valence-electron chi connectivity index (χ0n) is 7.19. The average molecular weight is 151 g/mol. The van der Waals surface area contributed by atoms with Crippen molar-refractivity contribution in [2.45, 2.75) is 32.7 Å². The summed E-state index contributed by atoms with van der Waals surface area (Å²) in [5.74, 6) is 0.202. The minimum Gasteiger partial charge on any atom is -0.346 e. The van der Waals surface area contributed by atoms with Crippen LogP contribution in [0.2, 0.25) is 0 Å². The van der Waals surface area contributed by atoms with Crippen molar-refractivity contribution in [1.82, 2.24) is 5.32 Å². The number of allylic oxidation sites excluding steroid dienone is 1. The Morgan fingerprint density at radius 3 is 2.55 bits per heavy atom. The maximum atomic E-state index is 11.2. The van der Waals surface area contributed by atoms with Crippen molar-refractivity contribution < 1.29 is 4.79 Å². The van der Waals surface area contributed by atoms with E-state index in [1.165, 1.54) is 5.57 Å². The second-order valence-corrected chi connectivity index (χ2v) is 4.16. The minimum atomic E-state index is -0.142. The third kappa shape index (κ3) is 0.561. The van der Waals surface area contributed by atoms with Gasteiger partial charge < -0.3 is 5.32 Å². The molecule has 1 aliphatic carbocycles. The number of nitrogens with one attached hydrogen (secondary N) is 1. The van der Waals surface area contributed by atoms with Crippen LogP contribution in [0, 0.1) is 5.41 Å². The van der Waals surface area contributed by atoms with Gasteiger partial charge in [-0.15, -0.1) is 0 Å². The number of carbonyl (C=O) groups excluding carboxylic acids is 1. The molecule has 11 heavy (non-hydrogen) atoms. The Hall–Kier alpha value is -0.790. The summed E-state index contributed by atoms with van der Waals surface area (Å²) in [4.78, 5) is 11.2. The summed E-state index contributed by atoms with van der Waals surface area (Å²) >= 11 is 0. The van der Waals surface area contributed by atoms with Gasteiger partial charge >= 0.3 is 0 Å². The maximum Gasteiger partial charge on any atom is 0.229 e. The molecule has 1 aliphatic heterocycles. The third-order valence-electron chi connectivity index (χ3n) is 3.19. The lowest BCUT2D eigenvalue weighted by Gasteiger charge is -2.50. The first kappa shape index (κ1) is 6.89. The third-order valence-corrected chi connectivity index (χ3v) is 3.19. The van der Waals surface area contributed by atoms with E-state index in [1.54, 1.807) is 0 Å². The first-order chi connectivity index (χ1) is 4.98. The van der Waals surface area contributed by atoms with E-state index in [9.17, 15) is 4.79 Å². The standard InChI is InChI=1S/C9H13NO/c1-6-4-8(2)7(11)10-9(8,3)5-6/h5H,4H2,1-3H3,(H,10,11). The Morgan fingerprint density at radius 1 is 1.55 bits per heavy atom. The van der Waals surface area contributed by atoms with E-state index < -0.39 is 0 Å². The van der Waals surface area contributed by atoms with E-state index in [4.69, 9.17) is 0 Å². The van der Waals surface area contributed by atoms with E-state index >= 15 is 0 Å². The first-order valence-corrected chi connectivity index (χ1v) is 3.99. The Morgan fingerprint density at radius 2 is 2.18 bits per heavy atom. The highest BCUT2D eigenvalue weighted by molar-refractivity contribution is 5.93.